The topological polar surface area (TPSA) is 59.9 Å². The summed E-state index contributed by atoms with van der Waals surface area (Å²) in [5, 5.41) is 4.63. The maximum Gasteiger partial charge on any atom is 0.250 e. The third-order valence-electron chi connectivity index (χ3n) is 3.07. The van der Waals surface area contributed by atoms with Crippen molar-refractivity contribution in [2.75, 3.05) is 19.5 Å². The lowest BCUT2D eigenvalue weighted by molar-refractivity contribution is -0.118. The van der Waals surface area contributed by atoms with Crippen LogP contribution in [0.4, 0.5) is 0 Å². The molecule has 1 N–H and O–H groups in total. The van der Waals surface area contributed by atoms with E-state index in [9.17, 15) is 4.79 Å². The average molecular weight is 379 g/mol. The van der Waals surface area contributed by atoms with Gasteiger partial charge in [0.05, 0.1) is 25.7 Å². The Balaban J connectivity index is 1.85. The van der Waals surface area contributed by atoms with E-state index in [1.807, 2.05) is 31.2 Å². The lowest BCUT2D eigenvalue weighted by Crippen LogP contribution is -2.19. The quantitative estimate of drug-likeness (QED) is 0.428. The fourth-order valence-corrected chi connectivity index (χ4v) is 2.75. The van der Waals surface area contributed by atoms with Crippen LogP contribution in [0.25, 0.3) is 0 Å². The van der Waals surface area contributed by atoms with Crippen molar-refractivity contribution >= 4 is 35.5 Å². The minimum absolute atomic E-state index is 0.186. The molecule has 25 heavy (non-hydrogen) atoms. The number of thioether (sulfide) groups is 1. The molecular weight excluding hydrogens is 360 g/mol. The summed E-state index contributed by atoms with van der Waals surface area (Å²) in [5.41, 5.74) is 3.30. The van der Waals surface area contributed by atoms with Gasteiger partial charge >= 0.3 is 0 Å². The summed E-state index contributed by atoms with van der Waals surface area (Å²) in [7, 11) is 1.58. The van der Waals surface area contributed by atoms with Gasteiger partial charge in [-0.25, -0.2) is 5.43 Å². The van der Waals surface area contributed by atoms with Crippen LogP contribution in [0.1, 0.15) is 12.5 Å². The number of hydrogen-bond donors (Lipinski definition) is 1. The van der Waals surface area contributed by atoms with Crippen LogP contribution in [0.2, 0.25) is 5.02 Å². The van der Waals surface area contributed by atoms with Gasteiger partial charge in [0.25, 0.3) is 0 Å². The van der Waals surface area contributed by atoms with E-state index < -0.39 is 0 Å². The zero-order valence-electron chi connectivity index (χ0n) is 14.0. The second-order valence-electron chi connectivity index (χ2n) is 4.88. The number of nitrogens with one attached hydrogen (secondary N) is 1. The van der Waals surface area contributed by atoms with E-state index in [4.69, 9.17) is 21.1 Å². The first-order chi connectivity index (χ1) is 12.1. The fourth-order valence-electron chi connectivity index (χ4n) is 1.93. The third-order valence-corrected chi connectivity index (χ3v) is 4.34. The standard InChI is InChI=1S/C18H19ClN2O3S/c1-3-24-16-9-4-13(10-17(16)23-2)11-20-21-18(22)12-25-15-7-5-14(19)6-8-15/h4-11H,3,12H2,1-2H3,(H,21,22)/b20-11-. The lowest BCUT2D eigenvalue weighted by atomic mass is 10.2. The number of rotatable bonds is 8. The maximum absolute atomic E-state index is 11.8. The van der Waals surface area contributed by atoms with E-state index in [0.717, 1.165) is 10.5 Å². The lowest BCUT2D eigenvalue weighted by Gasteiger charge is -2.09. The molecule has 132 valence electrons. The van der Waals surface area contributed by atoms with Crippen LogP contribution in [-0.4, -0.2) is 31.6 Å². The molecule has 0 bridgehead atoms. The first kappa shape index (κ1) is 19.1. The number of hydrazone groups is 1. The van der Waals surface area contributed by atoms with Crippen LogP contribution in [0.3, 0.4) is 0 Å². The number of methoxy groups -OCH3 is 1. The van der Waals surface area contributed by atoms with E-state index in [1.54, 1.807) is 31.5 Å². The van der Waals surface area contributed by atoms with E-state index in [-0.39, 0.29) is 11.7 Å². The number of halogens is 1. The van der Waals surface area contributed by atoms with E-state index in [1.165, 1.54) is 11.8 Å². The van der Waals surface area contributed by atoms with Crippen molar-refractivity contribution < 1.29 is 14.3 Å². The Morgan fingerprint density at radius 3 is 2.68 bits per heavy atom. The van der Waals surface area contributed by atoms with Crippen LogP contribution in [0, 0.1) is 0 Å². The van der Waals surface area contributed by atoms with Gasteiger partial charge in [-0.3, -0.25) is 4.79 Å². The van der Waals surface area contributed by atoms with Crippen LogP contribution in [0.5, 0.6) is 11.5 Å². The Labute approximate surface area is 156 Å². The number of benzene rings is 2. The zero-order chi connectivity index (χ0) is 18.1. The third kappa shape index (κ3) is 6.32. The Bertz CT molecular complexity index is 736. The highest BCUT2D eigenvalue weighted by atomic mass is 35.5. The van der Waals surface area contributed by atoms with Gasteiger partial charge in [-0.1, -0.05) is 11.6 Å². The highest BCUT2D eigenvalue weighted by Crippen LogP contribution is 2.27. The zero-order valence-corrected chi connectivity index (χ0v) is 15.6. The number of hydrogen-bond acceptors (Lipinski definition) is 5. The second kappa shape index (κ2) is 9.96. The predicted molar refractivity (Wildman–Crippen MR) is 102 cm³/mol. The van der Waals surface area contributed by atoms with Gasteiger partial charge in [0.1, 0.15) is 0 Å². The van der Waals surface area contributed by atoms with Gasteiger partial charge in [0.15, 0.2) is 11.5 Å². The molecule has 7 heteroatoms. The summed E-state index contributed by atoms with van der Waals surface area (Å²) in [6.07, 6.45) is 1.56. The molecule has 0 saturated heterocycles. The first-order valence-electron chi connectivity index (χ1n) is 7.63. The maximum atomic E-state index is 11.8. The summed E-state index contributed by atoms with van der Waals surface area (Å²) >= 11 is 7.24. The summed E-state index contributed by atoms with van der Waals surface area (Å²) in [6, 6.07) is 12.8. The van der Waals surface area contributed by atoms with Crippen molar-refractivity contribution in [3.63, 3.8) is 0 Å². The van der Waals surface area contributed by atoms with Crippen molar-refractivity contribution in [3.05, 3.63) is 53.1 Å². The van der Waals surface area contributed by atoms with Gasteiger partial charge in [-0.05, 0) is 55.0 Å². The predicted octanol–water partition coefficient (Wildman–Crippen LogP) is 3.99. The minimum atomic E-state index is -0.186. The Morgan fingerprint density at radius 2 is 2.00 bits per heavy atom. The Morgan fingerprint density at radius 1 is 1.24 bits per heavy atom. The van der Waals surface area contributed by atoms with Crippen LogP contribution >= 0.6 is 23.4 Å². The summed E-state index contributed by atoms with van der Waals surface area (Å²) in [4.78, 5) is 12.8. The highest BCUT2D eigenvalue weighted by Gasteiger charge is 2.05. The van der Waals surface area contributed by atoms with Crippen LogP contribution < -0.4 is 14.9 Å². The van der Waals surface area contributed by atoms with Crippen molar-refractivity contribution in [1.82, 2.24) is 5.43 Å². The van der Waals surface area contributed by atoms with Gasteiger partial charge in [-0.2, -0.15) is 5.10 Å². The number of carbonyl (C=O) groups is 1. The molecule has 2 aromatic rings. The van der Waals surface area contributed by atoms with Crippen molar-refractivity contribution in [2.24, 2.45) is 5.10 Å². The number of ether oxygens (including phenoxy) is 2. The van der Waals surface area contributed by atoms with Crippen molar-refractivity contribution in [1.29, 1.82) is 0 Å². The second-order valence-corrected chi connectivity index (χ2v) is 6.36. The molecule has 1 amide bonds. The van der Waals surface area contributed by atoms with Gasteiger partial charge < -0.3 is 9.47 Å². The van der Waals surface area contributed by atoms with Gasteiger partial charge in [0.2, 0.25) is 5.91 Å². The number of carbonyl (C=O) groups excluding carboxylic acids is 1. The molecular formula is C18H19ClN2O3S. The molecule has 0 radical (unpaired) electrons. The van der Waals surface area contributed by atoms with E-state index in [0.29, 0.717) is 23.1 Å². The van der Waals surface area contributed by atoms with Crippen molar-refractivity contribution in [3.8, 4) is 11.5 Å². The molecule has 0 heterocycles. The Hall–Kier alpha value is -2.18. The van der Waals surface area contributed by atoms with Crippen LogP contribution in [-0.2, 0) is 4.79 Å². The fraction of sp³-hybridized carbons (Fsp3) is 0.222. The number of amides is 1. The molecule has 0 aliphatic carbocycles. The summed E-state index contributed by atoms with van der Waals surface area (Å²) < 4.78 is 10.7. The number of nitrogens with zero attached hydrogens (tertiary/aromatic N) is 1. The average Bonchev–Trinajstić information content (AvgIpc) is 2.62. The summed E-state index contributed by atoms with van der Waals surface area (Å²) in [5.74, 6) is 1.38. The van der Waals surface area contributed by atoms with E-state index >= 15 is 0 Å². The molecule has 0 saturated carbocycles. The molecule has 0 unspecified atom stereocenters. The first-order valence-corrected chi connectivity index (χ1v) is 9.00. The normalized spacial score (nSPS) is 10.7. The van der Waals surface area contributed by atoms with Crippen molar-refractivity contribution in [2.45, 2.75) is 11.8 Å². The monoisotopic (exact) mass is 378 g/mol. The van der Waals surface area contributed by atoms with Crippen LogP contribution in [0.15, 0.2) is 52.5 Å². The smallest absolute Gasteiger partial charge is 0.250 e. The molecule has 0 aliphatic heterocycles. The highest BCUT2D eigenvalue weighted by molar-refractivity contribution is 8.00. The summed E-state index contributed by atoms with van der Waals surface area (Å²) in [6.45, 7) is 2.47. The molecule has 0 spiro atoms. The molecule has 0 aliphatic rings. The SMILES string of the molecule is CCOc1ccc(/C=N\NC(=O)CSc2ccc(Cl)cc2)cc1OC. The molecule has 0 fully saturated rings. The van der Waals surface area contributed by atoms with Gasteiger partial charge in [-0.15, -0.1) is 11.8 Å². The molecule has 5 nitrogen and oxygen atoms in total. The molecule has 0 aromatic heterocycles. The van der Waals surface area contributed by atoms with E-state index in [2.05, 4.69) is 10.5 Å². The minimum Gasteiger partial charge on any atom is -0.493 e. The molecule has 0 atom stereocenters. The largest absolute Gasteiger partial charge is 0.493 e. The Kier molecular flexibility index (Phi) is 7.63. The van der Waals surface area contributed by atoms with Gasteiger partial charge in [0, 0.05) is 9.92 Å². The molecule has 2 rings (SSSR count). The molecule has 2 aromatic carbocycles.